The van der Waals surface area contributed by atoms with Crippen LogP contribution in [0.15, 0.2) is 22.8 Å². The molecule has 2 atom stereocenters. The van der Waals surface area contributed by atoms with E-state index in [-0.39, 0.29) is 0 Å². The lowest BCUT2D eigenvalue weighted by Crippen LogP contribution is -2.40. The summed E-state index contributed by atoms with van der Waals surface area (Å²) in [6.07, 6.45) is 2.88. The fourth-order valence-corrected chi connectivity index (χ4v) is 2.29. The van der Waals surface area contributed by atoms with Crippen molar-refractivity contribution in [2.45, 2.75) is 18.7 Å². The summed E-state index contributed by atoms with van der Waals surface area (Å²) in [5.41, 5.74) is 0. The minimum absolute atomic E-state index is 0.316. The first-order valence-electron chi connectivity index (χ1n) is 5.17. The lowest BCUT2D eigenvalue weighted by molar-refractivity contribution is 0.452. The number of alkyl halides is 1. The van der Waals surface area contributed by atoms with Gasteiger partial charge in [-0.25, -0.2) is 4.98 Å². The summed E-state index contributed by atoms with van der Waals surface area (Å²) in [5.74, 6) is 1.58. The maximum absolute atomic E-state index is 6.19. The second-order valence-corrected chi connectivity index (χ2v) is 5.54. The van der Waals surface area contributed by atoms with E-state index in [0.29, 0.717) is 11.3 Å². The molecular formula is C11H14BrClN2. The zero-order valence-corrected chi connectivity index (χ0v) is 11.0. The third kappa shape index (κ3) is 2.64. The van der Waals surface area contributed by atoms with Gasteiger partial charge >= 0.3 is 0 Å². The topological polar surface area (TPSA) is 16.1 Å². The molecule has 1 aromatic heterocycles. The molecule has 1 aliphatic rings. The Hall–Kier alpha value is -0.280. The summed E-state index contributed by atoms with van der Waals surface area (Å²) in [6.45, 7) is 4.21. The Balaban J connectivity index is 2.08. The number of rotatable bonds is 1. The third-order valence-electron chi connectivity index (χ3n) is 2.84. The van der Waals surface area contributed by atoms with Crippen molar-refractivity contribution in [3.63, 3.8) is 0 Å². The normalized spacial score (nSPS) is 26.7. The fraction of sp³-hybridized carbons (Fsp3) is 0.545. The van der Waals surface area contributed by atoms with Crippen LogP contribution in [0.25, 0.3) is 0 Å². The van der Waals surface area contributed by atoms with E-state index < -0.39 is 0 Å². The number of halogens is 2. The average molecular weight is 290 g/mol. The van der Waals surface area contributed by atoms with E-state index in [1.165, 1.54) is 0 Å². The van der Waals surface area contributed by atoms with Crippen LogP contribution in [0.4, 0.5) is 5.82 Å². The van der Waals surface area contributed by atoms with Gasteiger partial charge in [0.1, 0.15) is 5.82 Å². The van der Waals surface area contributed by atoms with Crippen molar-refractivity contribution in [1.82, 2.24) is 4.98 Å². The van der Waals surface area contributed by atoms with Crippen molar-refractivity contribution in [2.24, 2.45) is 5.92 Å². The number of aromatic nitrogens is 1. The molecule has 0 amide bonds. The molecule has 2 unspecified atom stereocenters. The van der Waals surface area contributed by atoms with Crippen LogP contribution in [-0.2, 0) is 0 Å². The Morgan fingerprint density at radius 2 is 2.33 bits per heavy atom. The first kappa shape index (κ1) is 11.2. The molecule has 0 bridgehead atoms. The molecule has 1 fully saturated rings. The van der Waals surface area contributed by atoms with Gasteiger partial charge in [-0.1, -0.05) is 6.92 Å². The van der Waals surface area contributed by atoms with Gasteiger partial charge in [0.05, 0.1) is 0 Å². The van der Waals surface area contributed by atoms with Crippen LogP contribution in [0.2, 0.25) is 0 Å². The Morgan fingerprint density at radius 1 is 1.53 bits per heavy atom. The quantitative estimate of drug-likeness (QED) is 0.738. The second-order valence-electron chi connectivity index (χ2n) is 4.06. The molecule has 2 rings (SSSR count). The Kier molecular flexibility index (Phi) is 3.52. The molecular weight excluding hydrogens is 275 g/mol. The Bertz CT molecular complexity index is 328. The van der Waals surface area contributed by atoms with Crippen molar-refractivity contribution < 1.29 is 0 Å². The molecule has 4 heteroatoms. The lowest BCUT2D eigenvalue weighted by Gasteiger charge is -2.34. The van der Waals surface area contributed by atoms with Crippen LogP contribution in [0, 0.1) is 5.92 Å². The van der Waals surface area contributed by atoms with Gasteiger partial charge < -0.3 is 4.90 Å². The van der Waals surface area contributed by atoms with Crippen molar-refractivity contribution in [3.05, 3.63) is 22.8 Å². The standard InChI is InChI=1S/C11H14BrClN2/c1-8-7-15(5-4-10(8)13)11-3-2-9(12)6-14-11/h2-3,6,8,10H,4-5,7H2,1H3. The van der Waals surface area contributed by atoms with E-state index in [1.807, 2.05) is 18.3 Å². The number of pyridine rings is 1. The van der Waals surface area contributed by atoms with E-state index in [1.54, 1.807) is 0 Å². The van der Waals surface area contributed by atoms with Crippen LogP contribution in [0.3, 0.4) is 0 Å². The van der Waals surface area contributed by atoms with E-state index >= 15 is 0 Å². The first-order valence-corrected chi connectivity index (χ1v) is 6.40. The van der Waals surface area contributed by atoms with Crippen LogP contribution < -0.4 is 4.90 Å². The summed E-state index contributed by atoms with van der Waals surface area (Å²) in [7, 11) is 0. The van der Waals surface area contributed by atoms with E-state index in [4.69, 9.17) is 11.6 Å². The van der Waals surface area contributed by atoms with Gasteiger partial charge in [0.25, 0.3) is 0 Å². The average Bonchev–Trinajstić information content (AvgIpc) is 2.23. The first-order chi connectivity index (χ1) is 7.16. The van der Waals surface area contributed by atoms with Gasteiger partial charge in [0, 0.05) is 29.1 Å². The third-order valence-corrected chi connectivity index (χ3v) is 3.95. The smallest absolute Gasteiger partial charge is 0.128 e. The highest BCUT2D eigenvalue weighted by Crippen LogP contribution is 2.25. The van der Waals surface area contributed by atoms with E-state index in [2.05, 4.69) is 32.7 Å². The Labute approximate surface area is 104 Å². The molecule has 0 aromatic carbocycles. The summed E-state index contributed by atoms with van der Waals surface area (Å²) >= 11 is 9.58. The predicted octanol–water partition coefficient (Wildman–Crippen LogP) is 3.30. The monoisotopic (exact) mass is 288 g/mol. The number of nitrogens with zero attached hydrogens (tertiary/aromatic N) is 2. The number of anilines is 1. The molecule has 0 spiro atoms. The summed E-state index contributed by atoms with van der Waals surface area (Å²) < 4.78 is 1.02. The lowest BCUT2D eigenvalue weighted by atomic mass is 10.00. The molecule has 0 N–H and O–H groups in total. The molecule has 0 radical (unpaired) electrons. The SMILES string of the molecule is CC1CN(c2ccc(Br)cn2)CCC1Cl. The predicted molar refractivity (Wildman–Crippen MR) is 67.6 cm³/mol. The molecule has 1 aliphatic heterocycles. The minimum atomic E-state index is 0.316. The van der Waals surface area contributed by atoms with Gasteiger partial charge in [0.15, 0.2) is 0 Å². The van der Waals surface area contributed by atoms with Crippen molar-refractivity contribution in [2.75, 3.05) is 18.0 Å². The highest BCUT2D eigenvalue weighted by Gasteiger charge is 2.24. The maximum Gasteiger partial charge on any atom is 0.128 e. The Morgan fingerprint density at radius 3 is 2.93 bits per heavy atom. The zero-order valence-electron chi connectivity index (χ0n) is 8.66. The number of piperidine rings is 1. The number of hydrogen-bond acceptors (Lipinski definition) is 2. The second kappa shape index (κ2) is 4.71. The molecule has 1 saturated heterocycles. The fourth-order valence-electron chi connectivity index (χ4n) is 1.88. The van der Waals surface area contributed by atoms with Crippen molar-refractivity contribution in [3.8, 4) is 0 Å². The molecule has 2 nitrogen and oxygen atoms in total. The number of hydrogen-bond donors (Lipinski definition) is 0. The van der Waals surface area contributed by atoms with Crippen LogP contribution in [0.1, 0.15) is 13.3 Å². The molecule has 0 aliphatic carbocycles. The summed E-state index contributed by atoms with van der Waals surface area (Å²) in [5, 5.41) is 0.316. The van der Waals surface area contributed by atoms with Gasteiger partial charge in [-0.2, -0.15) is 0 Å². The van der Waals surface area contributed by atoms with Gasteiger partial charge in [0.2, 0.25) is 0 Å². The van der Waals surface area contributed by atoms with Gasteiger partial charge in [-0.3, -0.25) is 0 Å². The summed E-state index contributed by atoms with van der Waals surface area (Å²) in [6, 6.07) is 4.07. The highest BCUT2D eigenvalue weighted by atomic mass is 79.9. The molecule has 1 aromatic rings. The van der Waals surface area contributed by atoms with E-state index in [9.17, 15) is 0 Å². The van der Waals surface area contributed by atoms with E-state index in [0.717, 1.165) is 29.8 Å². The summed E-state index contributed by atoms with van der Waals surface area (Å²) in [4.78, 5) is 6.70. The van der Waals surface area contributed by atoms with Crippen LogP contribution in [-0.4, -0.2) is 23.5 Å². The largest absolute Gasteiger partial charge is 0.356 e. The minimum Gasteiger partial charge on any atom is -0.356 e. The molecule has 82 valence electrons. The molecule has 0 saturated carbocycles. The van der Waals surface area contributed by atoms with Gasteiger partial charge in [-0.15, -0.1) is 11.6 Å². The zero-order chi connectivity index (χ0) is 10.8. The van der Waals surface area contributed by atoms with Crippen LogP contribution in [0.5, 0.6) is 0 Å². The molecule has 15 heavy (non-hydrogen) atoms. The van der Waals surface area contributed by atoms with Gasteiger partial charge in [-0.05, 0) is 40.4 Å². The van der Waals surface area contributed by atoms with Crippen molar-refractivity contribution >= 4 is 33.3 Å². The van der Waals surface area contributed by atoms with Crippen molar-refractivity contribution in [1.29, 1.82) is 0 Å². The highest BCUT2D eigenvalue weighted by molar-refractivity contribution is 9.10. The van der Waals surface area contributed by atoms with Crippen LogP contribution >= 0.6 is 27.5 Å². The molecule has 2 heterocycles. The maximum atomic E-state index is 6.19.